The largest absolute Gasteiger partial charge is 0.462 e. The normalized spacial score (nSPS) is 15.5. The van der Waals surface area contributed by atoms with Crippen molar-refractivity contribution in [3.05, 3.63) is 16.3 Å². The lowest BCUT2D eigenvalue weighted by Gasteiger charge is -2.23. The Bertz CT molecular complexity index is 756. The van der Waals surface area contributed by atoms with Crippen molar-refractivity contribution in [2.75, 3.05) is 44.8 Å². The molecule has 0 amide bonds. The molecule has 2 N–H and O–H groups in total. The summed E-state index contributed by atoms with van der Waals surface area (Å²) in [5.74, 6) is 1.32. The van der Waals surface area contributed by atoms with Crippen molar-refractivity contribution in [1.29, 1.82) is 0 Å². The molecular formula is C17H25N4O3S+. The van der Waals surface area contributed by atoms with E-state index < -0.39 is 0 Å². The number of nitrogens with zero attached hydrogens (tertiary/aromatic N) is 2. The maximum absolute atomic E-state index is 12.2. The van der Waals surface area contributed by atoms with E-state index in [-0.39, 0.29) is 5.97 Å². The summed E-state index contributed by atoms with van der Waals surface area (Å²) in [4.78, 5) is 24.6. The van der Waals surface area contributed by atoms with Gasteiger partial charge in [-0.15, -0.1) is 11.3 Å². The van der Waals surface area contributed by atoms with Gasteiger partial charge in [-0.3, -0.25) is 0 Å². The number of quaternary nitrogens is 1. The van der Waals surface area contributed by atoms with Crippen molar-refractivity contribution in [2.24, 2.45) is 0 Å². The van der Waals surface area contributed by atoms with Gasteiger partial charge in [-0.2, -0.15) is 0 Å². The molecule has 1 aliphatic heterocycles. The fourth-order valence-electron chi connectivity index (χ4n) is 3.01. The third-order valence-corrected chi connectivity index (χ3v) is 5.42. The van der Waals surface area contributed by atoms with Gasteiger partial charge in [0.2, 0.25) is 0 Å². The van der Waals surface area contributed by atoms with Crippen LogP contribution in [0.25, 0.3) is 10.2 Å². The summed E-state index contributed by atoms with van der Waals surface area (Å²) in [6, 6.07) is 0. The molecule has 2 aromatic rings. The lowest BCUT2D eigenvalue weighted by molar-refractivity contribution is -0.922. The molecule has 0 spiro atoms. The van der Waals surface area contributed by atoms with E-state index in [0.29, 0.717) is 11.5 Å². The summed E-state index contributed by atoms with van der Waals surface area (Å²) >= 11 is 1.39. The predicted molar refractivity (Wildman–Crippen MR) is 97.5 cm³/mol. The number of carbonyl (C=O) groups excluding carboxylic acids is 1. The van der Waals surface area contributed by atoms with Gasteiger partial charge in [0, 0.05) is 6.54 Å². The standard InChI is InChI=1S/C17H24N4O3S/c1-4-18-15-13-11(3)14(17(22)24-5-2)25-16(13)20-12(19-15)10-21-6-8-23-9-7-21/h4-10H2,1-3H3,(H,18,19,20)/p+1. The van der Waals surface area contributed by atoms with Gasteiger partial charge in [0.05, 0.1) is 25.2 Å². The first kappa shape index (κ1) is 18.0. The van der Waals surface area contributed by atoms with Gasteiger partial charge in [-0.1, -0.05) is 0 Å². The van der Waals surface area contributed by atoms with Crippen LogP contribution >= 0.6 is 11.3 Å². The number of fused-ring (bicyclic) bond motifs is 1. The maximum Gasteiger partial charge on any atom is 0.348 e. The number of anilines is 1. The number of rotatable bonds is 6. The number of aromatic nitrogens is 2. The number of hydrogen-bond acceptors (Lipinski definition) is 7. The minimum atomic E-state index is -0.286. The highest BCUT2D eigenvalue weighted by Gasteiger charge is 2.23. The zero-order valence-electron chi connectivity index (χ0n) is 15.0. The highest BCUT2D eigenvalue weighted by atomic mass is 32.1. The SMILES string of the molecule is CCNc1nc(C[NH+]2CCOCC2)nc2sc(C(=O)OCC)c(C)c12. The number of esters is 1. The molecule has 25 heavy (non-hydrogen) atoms. The van der Waals surface area contributed by atoms with Gasteiger partial charge >= 0.3 is 5.97 Å². The number of thiophene rings is 1. The Morgan fingerprint density at radius 2 is 2.08 bits per heavy atom. The molecule has 0 aliphatic carbocycles. The summed E-state index contributed by atoms with van der Waals surface area (Å²) in [7, 11) is 0. The number of nitrogens with one attached hydrogen (secondary N) is 2. The molecule has 0 atom stereocenters. The minimum Gasteiger partial charge on any atom is -0.462 e. The summed E-state index contributed by atoms with van der Waals surface area (Å²) in [5.41, 5.74) is 0.889. The van der Waals surface area contributed by atoms with Crippen LogP contribution < -0.4 is 10.2 Å². The van der Waals surface area contributed by atoms with Crippen molar-refractivity contribution in [3.63, 3.8) is 0 Å². The number of morpholine rings is 1. The van der Waals surface area contributed by atoms with E-state index in [1.54, 1.807) is 0 Å². The van der Waals surface area contributed by atoms with Crippen LogP contribution in [-0.2, 0) is 16.0 Å². The van der Waals surface area contributed by atoms with Crippen molar-refractivity contribution in [1.82, 2.24) is 9.97 Å². The van der Waals surface area contributed by atoms with Gasteiger partial charge < -0.3 is 19.7 Å². The Kier molecular flexibility index (Phi) is 5.82. The van der Waals surface area contributed by atoms with Crippen LogP contribution in [0.15, 0.2) is 0 Å². The third-order valence-electron chi connectivity index (χ3n) is 4.25. The highest BCUT2D eigenvalue weighted by Crippen LogP contribution is 2.34. The quantitative estimate of drug-likeness (QED) is 0.745. The Hall–Kier alpha value is -1.77. The van der Waals surface area contributed by atoms with Gasteiger partial charge in [-0.05, 0) is 26.3 Å². The second-order valence-electron chi connectivity index (χ2n) is 6.01. The van der Waals surface area contributed by atoms with Crippen molar-refractivity contribution in [2.45, 2.75) is 27.3 Å². The molecule has 136 valence electrons. The van der Waals surface area contributed by atoms with Gasteiger partial charge in [0.1, 0.15) is 35.2 Å². The zero-order valence-corrected chi connectivity index (χ0v) is 15.8. The van der Waals surface area contributed by atoms with E-state index in [9.17, 15) is 4.79 Å². The molecule has 8 heteroatoms. The van der Waals surface area contributed by atoms with E-state index >= 15 is 0 Å². The molecule has 1 aliphatic rings. The van der Waals surface area contributed by atoms with E-state index in [2.05, 4.69) is 5.32 Å². The van der Waals surface area contributed by atoms with E-state index in [1.807, 2.05) is 20.8 Å². The van der Waals surface area contributed by atoms with Crippen LogP contribution in [0.3, 0.4) is 0 Å². The Morgan fingerprint density at radius 1 is 1.32 bits per heavy atom. The molecule has 1 fully saturated rings. The van der Waals surface area contributed by atoms with Crippen LogP contribution in [0.4, 0.5) is 5.82 Å². The molecule has 7 nitrogen and oxygen atoms in total. The van der Waals surface area contributed by atoms with Gasteiger partial charge in [-0.25, -0.2) is 14.8 Å². The summed E-state index contributed by atoms with van der Waals surface area (Å²) in [5, 5.41) is 4.25. The molecule has 0 saturated carbocycles. The molecule has 0 unspecified atom stereocenters. The first-order chi connectivity index (χ1) is 12.1. The molecule has 0 bridgehead atoms. The van der Waals surface area contributed by atoms with Crippen molar-refractivity contribution in [3.8, 4) is 0 Å². The highest BCUT2D eigenvalue weighted by molar-refractivity contribution is 7.20. The fourth-order valence-corrected chi connectivity index (χ4v) is 4.10. The Morgan fingerprint density at radius 3 is 2.76 bits per heavy atom. The van der Waals surface area contributed by atoms with E-state index in [0.717, 1.165) is 66.8 Å². The summed E-state index contributed by atoms with van der Waals surface area (Å²) in [6.07, 6.45) is 0. The maximum atomic E-state index is 12.2. The molecule has 2 aromatic heterocycles. The Labute approximate surface area is 151 Å². The lowest BCUT2D eigenvalue weighted by atomic mass is 10.2. The van der Waals surface area contributed by atoms with Gasteiger partial charge in [0.25, 0.3) is 0 Å². The number of aryl methyl sites for hydroxylation is 1. The van der Waals surface area contributed by atoms with Crippen LogP contribution in [0.2, 0.25) is 0 Å². The average molecular weight is 365 g/mol. The smallest absolute Gasteiger partial charge is 0.348 e. The van der Waals surface area contributed by atoms with Crippen LogP contribution in [0.5, 0.6) is 0 Å². The average Bonchev–Trinajstić information content (AvgIpc) is 2.93. The summed E-state index contributed by atoms with van der Waals surface area (Å²) < 4.78 is 10.6. The molecule has 3 rings (SSSR count). The van der Waals surface area contributed by atoms with Crippen molar-refractivity contribution >= 4 is 33.3 Å². The monoisotopic (exact) mass is 365 g/mol. The number of ether oxygens (including phenoxy) is 2. The fraction of sp³-hybridized carbons (Fsp3) is 0.588. The first-order valence-corrected chi connectivity index (χ1v) is 9.58. The molecule has 3 heterocycles. The minimum absolute atomic E-state index is 0.286. The third kappa shape index (κ3) is 3.91. The first-order valence-electron chi connectivity index (χ1n) is 8.76. The molecule has 0 aromatic carbocycles. The zero-order chi connectivity index (χ0) is 17.8. The number of carbonyl (C=O) groups is 1. The van der Waals surface area contributed by atoms with E-state index in [4.69, 9.17) is 19.4 Å². The molecule has 1 saturated heterocycles. The summed E-state index contributed by atoms with van der Waals surface area (Å²) in [6.45, 7) is 11.2. The second kappa shape index (κ2) is 8.07. The van der Waals surface area contributed by atoms with Crippen molar-refractivity contribution < 1.29 is 19.2 Å². The lowest BCUT2D eigenvalue weighted by Crippen LogP contribution is -3.12. The molecule has 0 radical (unpaired) electrons. The topological polar surface area (TPSA) is 77.8 Å². The predicted octanol–water partition coefficient (Wildman–Crippen LogP) is 1.02. The van der Waals surface area contributed by atoms with Crippen LogP contribution in [0.1, 0.15) is 34.9 Å². The van der Waals surface area contributed by atoms with Crippen LogP contribution in [0, 0.1) is 6.92 Å². The second-order valence-corrected chi connectivity index (χ2v) is 7.01. The number of hydrogen-bond donors (Lipinski definition) is 2. The Balaban J connectivity index is 1.98. The van der Waals surface area contributed by atoms with Gasteiger partial charge in [0.15, 0.2) is 5.82 Å². The van der Waals surface area contributed by atoms with Crippen LogP contribution in [-0.4, -0.2) is 55.4 Å². The molecular weight excluding hydrogens is 340 g/mol. The van der Waals surface area contributed by atoms with E-state index in [1.165, 1.54) is 16.2 Å².